The summed E-state index contributed by atoms with van der Waals surface area (Å²) in [4.78, 5) is 14.6. The lowest BCUT2D eigenvalue weighted by atomic mass is 9.44. The molecule has 3 heteroatoms. The largest absolute Gasteiger partial charge is 0.376 e. The van der Waals surface area contributed by atoms with E-state index in [1.807, 2.05) is 7.05 Å². The molecule has 0 N–H and O–H groups in total. The molecule has 4 rings (SSSR count). The Kier molecular flexibility index (Phi) is 4.26. The number of carbonyl (C=O) groups is 1. The van der Waals surface area contributed by atoms with E-state index in [-0.39, 0.29) is 17.6 Å². The predicted molar refractivity (Wildman–Crippen MR) is 100 cm³/mol. The highest BCUT2D eigenvalue weighted by Gasteiger charge is 2.64. The van der Waals surface area contributed by atoms with Crippen LogP contribution in [0.2, 0.25) is 0 Å². The molecule has 0 spiro atoms. The molecular formula is C22H37NO2. The fourth-order valence-corrected chi connectivity index (χ4v) is 7.93. The standard InChI is InChI=1S/C22H37NO2/c1-6-25-19-14(2)18-15-8-7-11-21(15,3)12-9-16(18)22(4)13-10-17(24)23(5)20(19)22/h14-16,18-20H,6-13H2,1-5H3/t14?,15-,16+,18-,19?,20?,21-,22+/m0/s1. The fourth-order valence-electron chi connectivity index (χ4n) is 7.93. The number of fused-ring (bicyclic) bond motifs is 5. The Labute approximate surface area is 153 Å². The van der Waals surface area contributed by atoms with Crippen LogP contribution in [0.25, 0.3) is 0 Å². The van der Waals surface area contributed by atoms with Crippen molar-refractivity contribution in [2.24, 2.45) is 34.5 Å². The average molecular weight is 348 g/mol. The Morgan fingerprint density at radius 1 is 1.16 bits per heavy atom. The van der Waals surface area contributed by atoms with Gasteiger partial charge in [-0.3, -0.25) is 4.79 Å². The second-order valence-corrected chi connectivity index (χ2v) is 10.1. The molecule has 4 fully saturated rings. The molecule has 0 radical (unpaired) electrons. The monoisotopic (exact) mass is 347 g/mol. The zero-order chi connectivity index (χ0) is 18.0. The van der Waals surface area contributed by atoms with E-state index in [1.165, 1.54) is 32.1 Å². The number of amides is 1. The van der Waals surface area contributed by atoms with Crippen molar-refractivity contribution in [2.45, 2.75) is 84.8 Å². The number of hydrogen-bond acceptors (Lipinski definition) is 2. The molecule has 3 saturated carbocycles. The first-order valence-corrected chi connectivity index (χ1v) is 10.7. The molecule has 0 aromatic heterocycles. The third kappa shape index (κ3) is 2.37. The van der Waals surface area contributed by atoms with Crippen molar-refractivity contribution < 1.29 is 9.53 Å². The maximum absolute atomic E-state index is 12.5. The molecule has 1 amide bonds. The van der Waals surface area contributed by atoms with E-state index in [2.05, 4.69) is 32.6 Å². The first-order chi connectivity index (χ1) is 11.8. The SMILES string of the molecule is CCOC1C(C)[C@@H]2[C@@H](CC[C@]3(C)CCC[C@@H]23)[C@@]2(C)CCC(=O)N(C)C12. The molecule has 3 aliphatic carbocycles. The van der Waals surface area contributed by atoms with Gasteiger partial charge in [-0.25, -0.2) is 0 Å². The normalized spacial score (nSPS) is 52.5. The fraction of sp³-hybridized carbons (Fsp3) is 0.955. The lowest BCUT2D eigenvalue weighted by Crippen LogP contribution is -2.69. The van der Waals surface area contributed by atoms with Crippen LogP contribution in [0.5, 0.6) is 0 Å². The molecule has 0 aromatic rings. The maximum atomic E-state index is 12.5. The van der Waals surface area contributed by atoms with Crippen molar-refractivity contribution in [1.29, 1.82) is 0 Å². The summed E-state index contributed by atoms with van der Waals surface area (Å²) in [6.45, 7) is 10.4. The second-order valence-electron chi connectivity index (χ2n) is 10.1. The van der Waals surface area contributed by atoms with E-state index in [9.17, 15) is 4.79 Å². The Balaban J connectivity index is 1.76. The summed E-state index contributed by atoms with van der Waals surface area (Å²) in [7, 11) is 2.03. The highest BCUT2D eigenvalue weighted by Crippen LogP contribution is 2.66. The van der Waals surface area contributed by atoms with E-state index in [0.717, 1.165) is 37.2 Å². The summed E-state index contributed by atoms with van der Waals surface area (Å²) in [5.41, 5.74) is 0.787. The van der Waals surface area contributed by atoms with Gasteiger partial charge in [0.15, 0.2) is 0 Å². The summed E-state index contributed by atoms with van der Waals surface area (Å²) in [5, 5.41) is 0. The van der Waals surface area contributed by atoms with Gasteiger partial charge in [0.1, 0.15) is 0 Å². The quantitative estimate of drug-likeness (QED) is 0.736. The van der Waals surface area contributed by atoms with Gasteiger partial charge in [0, 0.05) is 20.1 Å². The van der Waals surface area contributed by atoms with Crippen molar-refractivity contribution in [1.82, 2.24) is 4.90 Å². The van der Waals surface area contributed by atoms with Crippen LogP contribution >= 0.6 is 0 Å². The topological polar surface area (TPSA) is 29.5 Å². The first kappa shape index (κ1) is 17.8. The van der Waals surface area contributed by atoms with E-state index >= 15 is 0 Å². The van der Waals surface area contributed by atoms with Crippen molar-refractivity contribution in [3.8, 4) is 0 Å². The molecule has 1 saturated heterocycles. The predicted octanol–water partition coefficient (Wildman–Crippen LogP) is 4.50. The Morgan fingerprint density at radius 3 is 2.64 bits per heavy atom. The smallest absolute Gasteiger partial charge is 0.222 e. The van der Waals surface area contributed by atoms with Crippen molar-refractivity contribution in [3.05, 3.63) is 0 Å². The lowest BCUT2D eigenvalue weighted by molar-refractivity contribution is -0.206. The summed E-state index contributed by atoms with van der Waals surface area (Å²) >= 11 is 0. The van der Waals surface area contributed by atoms with Crippen LogP contribution in [0.4, 0.5) is 0 Å². The van der Waals surface area contributed by atoms with Crippen LogP contribution in [0, 0.1) is 34.5 Å². The van der Waals surface area contributed by atoms with Crippen LogP contribution in [-0.2, 0) is 9.53 Å². The average Bonchev–Trinajstić information content (AvgIpc) is 2.97. The van der Waals surface area contributed by atoms with Crippen LogP contribution in [0.3, 0.4) is 0 Å². The summed E-state index contributed by atoms with van der Waals surface area (Å²) in [5.74, 6) is 3.28. The number of piperidine rings is 1. The zero-order valence-corrected chi connectivity index (χ0v) is 16.9. The van der Waals surface area contributed by atoms with Crippen molar-refractivity contribution in [3.63, 3.8) is 0 Å². The summed E-state index contributed by atoms with van der Waals surface area (Å²) < 4.78 is 6.39. The summed E-state index contributed by atoms with van der Waals surface area (Å²) in [6.07, 6.45) is 8.98. The molecule has 142 valence electrons. The third-order valence-electron chi connectivity index (χ3n) is 9.12. The van der Waals surface area contributed by atoms with E-state index in [1.54, 1.807) is 0 Å². The van der Waals surface area contributed by atoms with Gasteiger partial charge in [-0.1, -0.05) is 27.2 Å². The van der Waals surface area contributed by atoms with E-state index in [4.69, 9.17) is 4.74 Å². The van der Waals surface area contributed by atoms with Gasteiger partial charge in [-0.2, -0.15) is 0 Å². The highest BCUT2D eigenvalue weighted by molar-refractivity contribution is 5.77. The molecule has 25 heavy (non-hydrogen) atoms. The van der Waals surface area contributed by atoms with Gasteiger partial charge in [-0.05, 0) is 73.5 Å². The highest BCUT2D eigenvalue weighted by atomic mass is 16.5. The molecule has 3 unspecified atom stereocenters. The van der Waals surface area contributed by atoms with Gasteiger partial charge >= 0.3 is 0 Å². The Bertz CT molecular complexity index is 548. The molecular weight excluding hydrogens is 310 g/mol. The van der Waals surface area contributed by atoms with Crippen LogP contribution in [-0.4, -0.2) is 36.6 Å². The second kappa shape index (κ2) is 5.97. The molecule has 0 aromatic carbocycles. The molecule has 1 heterocycles. The first-order valence-electron chi connectivity index (χ1n) is 10.7. The number of carbonyl (C=O) groups excluding carboxylic acids is 1. The van der Waals surface area contributed by atoms with E-state index < -0.39 is 0 Å². The molecule has 4 aliphatic rings. The van der Waals surface area contributed by atoms with Gasteiger partial charge in [-0.15, -0.1) is 0 Å². The van der Waals surface area contributed by atoms with E-state index in [0.29, 0.717) is 17.2 Å². The number of likely N-dealkylation sites (N-methyl/N-ethyl adjacent to an activating group) is 1. The zero-order valence-electron chi connectivity index (χ0n) is 16.9. The third-order valence-corrected chi connectivity index (χ3v) is 9.12. The summed E-state index contributed by atoms with van der Waals surface area (Å²) in [6, 6.07) is 0.260. The van der Waals surface area contributed by atoms with Gasteiger partial charge < -0.3 is 9.64 Å². The number of likely N-dealkylation sites (tertiary alicyclic amines) is 1. The van der Waals surface area contributed by atoms with Crippen LogP contribution < -0.4 is 0 Å². The Morgan fingerprint density at radius 2 is 1.92 bits per heavy atom. The number of rotatable bonds is 2. The number of ether oxygens (including phenoxy) is 1. The molecule has 8 atom stereocenters. The number of hydrogen-bond donors (Lipinski definition) is 0. The van der Waals surface area contributed by atoms with Crippen molar-refractivity contribution >= 4 is 5.91 Å². The minimum Gasteiger partial charge on any atom is -0.376 e. The molecule has 3 nitrogen and oxygen atoms in total. The molecule has 0 bridgehead atoms. The van der Waals surface area contributed by atoms with Crippen LogP contribution in [0.15, 0.2) is 0 Å². The van der Waals surface area contributed by atoms with Gasteiger partial charge in [0.2, 0.25) is 5.91 Å². The lowest BCUT2D eigenvalue weighted by Gasteiger charge is -2.65. The minimum absolute atomic E-state index is 0.202. The number of nitrogens with zero attached hydrogens (tertiary/aromatic N) is 1. The van der Waals surface area contributed by atoms with Gasteiger partial charge in [0.25, 0.3) is 0 Å². The van der Waals surface area contributed by atoms with Crippen LogP contribution in [0.1, 0.15) is 72.6 Å². The Hall–Kier alpha value is -0.570. The van der Waals surface area contributed by atoms with Gasteiger partial charge in [0.05, 0.1) is 12.1 Å². The minimum atomic E-state index is 0.202. The maximum Gasteiger partial charge on any atom is 0.222 e. The molecule has 1 aliphatic heterocycles. The van der Waals surface area contributed by atoms with Crippen molar-refractivity contribution in [2.75, 3.05) is 13.7 Å².